The van der Waals surface area contributed by atoms with Crippen molar-refractivity contribution in [1.29, 1.82) is 0 Å². The number of halogens is 8. The average molecular weight is 1600 g/mol. The van der Waals surface area contributed by atoms with Crippen LogP contribution in [-0.2, 0) is 83.2 Å². The lowest BCUT2D eigenvalue weighted by molar-refractivity contribution is -0.149. The second-order valence-corrected chi connectivity index (χ2v) is 26.7. The molecule has 0 fully saturated rings. The van der Waals surface area contributed by atoms with E-state index in [1.54, 1.807) is 60.7 Å². The van der Waals surface area contributed by atoms with Crippen molar-refractivity contribution in [3.63, 3.8) is 0 Å². The van der Waals surface area contributed by atoms with E-state index in [1.807, 2.05) is 0 Å². The smallest absolute Gasteiger partial charge is 0.305 e. The molecule has 29 nitrogen and oxygen atoms in total. The maximum absolute atomic E-state index is 15.1. The zero-order valence-corrected chi connectivity index (χ0v) is 62.4. The molecule has 0 spiro atoms. The van der Waals surface area contributed by atoms with Crippen LogP contribution in [0.4, 0.5) is 0 Å². The standard InChI is InChI=1S/C66H85Cl8N15O14/c67-47-5-1-43(51(71)29-47)9-19-80-33-56(91)82(20-10-44-2-6-48(68)30-52(44)72)35-58(93)83(21-11-45-3-7-49(69)31-53(45)73)37-59(94)84(22-12-46-4-8-50(70)32-54(46)74)38-61(96)87(26-16-76)40-63(98)89(28-18-78)42-64(99)88(27-17-77)41-62(97)86(25-15-75)39-60(95)85(24-14-66(102)103)36-57(92)81(34-55(79)90)23-13-65(100)101/h1-8,29-32,80H,9-28,33-42,75-78H2,(H2,79,90)(H,100,101)(H,102,103). The highest BCUT2D eigenvalue weighted by atomic mass is 35.5. The molecule has 13 N–H and O–H groups in total. The molecule has 4 aromatic carbocycles. The molecule has 0 saturated heterocycles. The van der Waals surface area contributed by atoms with E-state index in [4.69, 9.17) is 121 Å². The molecular formula is C66H85Cl8N15O14. The van der Waals surface area contributed by atoms with E-state index in [1.165, 1.54) is 26.8 Å². The van der Waals surface area contributed by atoms with Gasteiger partial charge in [-0.25, -0.2) is 0 Å². The van der Waals surface area contributed by atoms with Crippen LogP contribution >= 0.6 is 92.8 Å². The maximum atomic E-state index is 15.1. The summed E-state index contributed by atoms with van der Waals surface area (Å²) in [5, 5.41) is 24.5. The Kier molecular flexibility index (Phi) is 39.1. The van der Waals surface area contributed by atoms with Crippen molar-refractivity contribution in [3.05, 3.63) is 135 Å². The Morgan fingerprint density at radius 2 is 0.534 bits per heavy atom. The minimum Gasteiger partial charge on any atom is -0.481 e. The first-order chi connectivity index (χ1) is 48.9. The summed E-state index contributed by atoms with van der Waals surface area (Å²) >= 11 is 51.0. The molecule has 0 saturated carbocycles. The number of nitrogens with zero attached hydrogens (tertiary/aromatic N) is 9. The molecule has 4 aromatic rings. The first-order valence-corrected chi connectivity index (χ1v) is 35.4. The molecule has 103 heavy (non-hydrogen) atoms. The van der Waals surface area contributed by atoms with E-state index in [-0.39, 0.29) is 108 Å². The van der Waals surface area contributed by atoms with Crippen LogP contribution in [0.2, 0.25) is 40.2 Å². The number of rotatable bonds is 46. The van der Waals surface area contributed by atoms with Gasteiger partial charge in [0.15, 0.2) is 0 Å². The van der Waals surface area contributed by atoms with Gasteiger partial charge in [-0.2, -0.15) is 0 Å². The molecule has 0 bridgehead atoms. The van der Waals surface area contributed by atoms with Crippen LogP contribution in [0.5, 0.6) is 0 Å². The van der Waals surface area contributed by atoms with Crippen LogP contribution < -0.4 is 34.0 Å². The number of hydrogen-bond acceptors (Lipinski definition) is 17. The third kappa shape index (κ3) is 31.5. The van der Waals surface area contributed by atoms with Crippen LogP contribution in [0.1, 0.15) is 35.1 Å². The SMILES string of the molecule is NCCN(CC(=O)N(CCC(=O)O)CC(=O)N(CCC(=O)O)CC(N)=O)C(=O)CN(CCN)C(=O)CN(CCN)C(=O)CN(CCN)C(=O)CN(CCc1ccc(Cl)cc1Cl)C(=O)CN(CCc1ccc(Cl)cc1Cl)C(=O)CN(CCc1ccc(Cl)cc1Cl)C(=O)CNCCc1ccc(Cl)cc1Cl. The molecule has 0 aromatic heterocycles. The van der Waals surface area contributed by atoms with Crippen LogP contribution in [0.3, 0.4) is 0 Å². The second kappa shape index (κ2) is 45.8. The number of nitrogens with two attached hydrogens (primary N) is 5. The first kappa shape index (κ1) is 88.0. The Bertz CT molecular complexity index is 3620. The van der Waals surface area contributed by atoms with Crippen molar-refractivity contribution in [3.8, 4) is 0 Å². The molecule has 37 heteroatoms. The minimum absolute atomic E-state index is 0.0181. The number of nitrogens with one attached hydrogen (secondary N) is 1. The number of primary amides is 1. The van der Waals surface area contributed by atoms with Crippen LogP contribution in [-0.4, -0.2) is 282 Å². The Morgan fingerprint density at radius 1 is 0.311 bits per heavy atom. The van der Waals surface area contributed by atoms with E-state index < -0.39 is 156 Å². The van der Waals surface area contributed by atoms with Gasteiger partial charge in [-0.1, -0.05) is 117 Å². The summed E-state index contributed by atoms with van der Waals surface area (Å²) in [7, 11) is 0. The van der Waals surface area contributed by atoms with Gasteiger partial charge in [-0.05, 0) is 103 Å². The van der Waals surface area contributed by atoms with Gasteiger partial charge in [0.25, 0.3) is 0 Å². The van der Waals surface area contributed by atoms with Crippen molar-refractivity contribution in [2.24, 2.45) is 28.7 Å². The molecule has 0 aliphatic carbocycles. The van der Waals surface area contributed by atoms with Gasteiger partial charge in [0.1, 0.15) is 0 Å². The molecule has 10 amide bonds. The topological polar surface area (TPSA) is 417 Å². The van der Waals surface area contributed by atoms with E-state index in [0.717, 1.165) is 35.0 Å². The fourth-order valence-corrected chi connectivity index (χ4v) is 12.2. The quantitative estimate of drug-likeness (QED) is 0.0295. The molecule has 0 heterocycles. The average Bonchev–Trinajstić information content (AvgIpc) is 0.867. The van der Waals surface area contributed by atoms with E-state index in [2.05, 4.69) is 5.32 Å². The monoisotopic (exact) mass is 1590 g/mol. The number of aliphatic carboxylic acids is 2. The number of amides is 10. The lowest BCUT2D eigenvalue weighted by Crippen LogP contribution is -2.54. The predicted molar refractivity (Wildman–Crippen MR) is 393 cm³/mol. The van der Waals surface area contributed by atoms with Gasteiger partial charge in [0, 0.05) is 125 Å². The summed E-state index contributed by atoms with van der Waals surface area (Å²) in [6.07, 6.45) is -0.525. The highest BCUT2D eigenvalue weighted by Gasteiger charge is 2.32. The van der Waals surface area contributed by atoms with E-state index in [9.17, 15) is 63.0 Å². The summed E-state index contributed by atoms with van der Waals surface area (Å²) < 4.78 is 0. The molecule has 0 unspecified atom stereocenters. The molecule has 564 valence electrons. The number of carboxylic acids is 2. The Balaban J connectivity index is 1.63. The van der Waals surface area contributed by atoms with Gasteiger partial charge in [0.05, 0.1) is 78.3 Å². The zero-order chi connectivity index (χ0) is 76.5. The molecule has 0 atom stereocenters. The number of hydrogen-bond donors (Lipinski definition) is 8. The molecule has 4 rings (SSSR count). The fraction of sp³-hybridized carbons (Fsp3) is 0.455. The van der Waals surface area contributed by atoms with Crippen molar-refractivity contribution >= 4 is 164 Å². The van der Waals surface area contributed by atoms with Crippen LogP contribution in [0, 0.1) is 0 Å². The Hall–Kier alpha value is -7.36. The Morgan fingerprint density at radius 3 is 0.767 bits per heavy atom. The minimum atomic E-state index is -1.36. The second-order valence-electron chi connectivity index (χ2n) is 23.4. The summed E-state index contributed by atoms with van der Waals surface area (Å²) in [6.45, 7) is -9.76. The van der Waals surface area contributed by atoms with Gasteiger partial charge in [-0.3, -0.25) is 57.5 Å². The van der Waals surface area contributed by atoms with Crippen molar-refractivity contribution in [1.82, 2.24) is 49.4 Å². The van der Waals surface area contributed by atoms with Gasteiger partial charge in [0.2, 0.25) is 59.1 Å². The predicted octanol–water partition coefficient (Wildman–Crippen LogP) is 2.50. The normalized spacial score (nSPS) is 11.0. The Labute approximate surface area is 636 Å². The summed E-state index contributed by atoms with van der Waals surface area (Å²) in [5.74, 6) is -10.9. The lowest BCUT2D eigenvalue weighted by Gasteiger charge is -2.32. The number of carbonyl (C=O) groups is 12. The summed E-state index contributed by atoms with van der Waals surface area (Å²) in [4.78, 5) is 173. The van der Waals surface area contributed by atoms with Crippen molar-refractivity contribution in [2.75, 3.05) is 157 Å². The van der Waals surface area contributed by atoms with Gasteiger partial charge < -0.3 is 88.3 Å². The van der Waals surface area contributed by atoms with E-state index in [0.29, 0.717) is 59.8 Å². The number of benzene rings is 4. The summed E-state index contributed by atoms with van der Waals surface area (Å²) in [6, 6.07) is 19.4. The van der Waals surface area contributed by atoms with Gasteiger partial charge >= 0.3 is 11.9 Å². The van der Waals surface area contributed by atoms with E-state index >= 15 is 4.79 Å². The molecular weight excluding hydrogens is 1510 g/mol. The van der Waals surface area contributed by atoms with Crippen molar-refractivity contribution in [2.45, 2.75) is 38.5 Å². The number of carboxylic acid groups (broad SMARTS) is 2. The molecule has 0 radical (unpaired) electrons. The lowest BCUT2D eigenvalue weighted by atomic mass is 10.1. The maximum Gasteiger partial charge on any atom is 0.305 e. The fourth-order valence-electron chi connectivity index (χ4n) is 10.2. The third-order valence-corrected chi connectivity index (χ3v) is 18.1. The van der Waals surface area contributed by atoms with Crippen LogP contribution in [0.15, 0.2) is 72.8 Å². The number of carbonyl (C=O) groups excluding carboxylic acids is 10. The highest BCUT2D eigenvalue weighted by Crippen LogP contribution is 2.26. The largest absolute Gasteiger partial charge is 0.481 e. The zero-order valence-electron chi connectivity index (χ0n) is 56.4. The van der Waals surface area contributed by atoms with Crippen molar-refractivity contribution < 1.29 is 67.7 Å². The van der Waals surface area contributed by atoms with Gasteiger partial charge in [-0.15, -0.1) is 0 Å². The molecule has 0 aliphatic rings. The summed E-state index contributed by atoms with van der Waals surface area (Å²) in [5.41, 5.74) is 31.5. The first-order valence-electron chi connectivity index (χ1n) is 32.4. The van der Waals surface area contributed by atoms with Crippen LogP contribution in [0.25, 0.3) is 0 Å². The highest BCUT2D eigenvalue weighted by molar-refractivity contribution is 6.36. The molecule has 0 aliphatic heterocycles. The third-order valence-electron chi connectivity index (χ3n) is 15.8.